The molecule has 1 aliphatic heterocycles. The van der Waals surface area contributed by atoms with Crippen LogP contribution in [0.5, 0.6) is 5.75 Å². The number of halogens is 1. The maximum absolute atomic E-state index is 14.0. The predicted molar refractivity (Wildman–Crippen MR) is 106 cm³/mol. The smallest absolute Gasteiger partial charge is 0.194 e. The zero-order valence-electron chi connectivity index (χ0n) is 15.2. The summed E-state index contributed by atoms with van der Waals surface area (Å²) in [6.07, 6.45) is 0. The highest BCUT2D eigenvalue weighted by Crippen LogP contribution is 2.22. The quantitative estimate of drug-likeness (QED) is 0.643. The minimum absolute atomic E-state index is 0.297. The van der Waals surface area contributed by atoms with E-state index in [1.165, 1.54) is 11.1 Å². The van der Waals surface area contributed by atoms with Crippen molar-refractivity contribution in [2.75, 3.05) is 44.7 Å². The average Bonchev–Trinajstić information content (AvgIpc) is 3.20. The first-order valence-electron chi connectivity index (χ1n) is 8.86. The van der Waals surface area contributed by atoms with Gasteiger partial charge in [-0.25, -0.2) is 4.39 Å². The van der Waals surface area contributed by atoms with Crippen molar-refractivity contribution in [1.29, 1.82) is 0 Å². The van der Waals surface area contributed by atoms with Gasteiger partial charge in [0.15, 0.2) is 17.5 Å². The van der Waals surface area contributed by atoms with Crippen molar-refractivity contribution >= 4 is 22.3 Å². The summed E-state index contributed by atoms with van der Waals surface area (Å²) in [4.78, 5) is 9.03. The highest BCUT2D eigenvalue weighted by molar-refractivity contribution is 7.14. The minimum Gasteiger partial charge on any atom is -0.491 e. The summed E-state index contributed by atoms with van der Waals surface area (Å²) in [5.74, 6) is 0.821. The molecule has 1 aliphatic rings. The highest BCUT2D eigenvalue weighted by Gasteiger charge is 2.20. The van der Waals surface area contributed by atoms with Gasteiger partial charge in [-0.3, -0.25) is 4.99 Å². The lowest BCUT2D eigenvalue weighted by molar-refractivity contribution is 0.321. The summed E-state index contributed by atoms with van der Waals surface area (Å²) in [5, 5.41) is 6.76. The Morgan fingerprint density at radius 2 is 2.08 bits per heavy atom. The van der Waals surface area contributed by atoms with E-state index < -0.39 is 0 Å². The molecule has 2 aromatic rings. The van der Waals surface area contributed by atoms with Crippen LogP contribution in [0, 0.1) is 5.82 Å². The summed E-state index contributed by atoms with van der Waals surface area (Å²) in [6, 6.07) is 9.32. The first-order valence-corrected chi connectivity index (χ1v) is 9.74. The van der Waals surface area contributed by atoms with Gasteiger partial charge in [0.25, 0.3) is 0 Å². The van der Waals surface area contributed by atoms with Crippen LogP contribution in [0.3, 0.4) is 0 Å². The van der Waals surface area contributed by atoms with Gasteiger partial charge in [-0.1, -0.05) is 6.07 Å². The van der Waals surface area contributed by atoms with E-state index in [0.717, 1.165) is 37.7 Å². The van der Waals surface area contributed by atoms with Crippen LogP contribution in [0.2, 0.25) is 0 Å². The molecule has 0 atom stereocenters. The van der Waals surface area contributed by atoms with Gasteiger partial charge in [0.2, 0.25) is 0 Å². The summed E-state index contributed by atoms with van der Waals surface area (Å²) in [5.41, 5.74) is 0.865. The number of nitrogens with one attached hydrogen (secondary N) is 1. The fourth-order valence-corrected chi connectivity index (χ4v) is 3.81. The molecule has 140 valence electrons. The average molecular weight is 377 g/mol. The summed E-state index contributed by atoms with van der Waals surface area (Å²) >= 11 is 1.77. The van der Waals surface area contributed by atoms with Crippen LogP contribution in [0.15, 0.2) is 40.7 Å². The summed E-state index contributed by atoms with van der Waals surface area (Å²) in [7, 11) is 1.78. The van der Waals surface area contributed by atoms with Crippen LogP contribution in [-0.2, 0) is 6.54 Å². The van der Waals surface area contributed by atoms with E-state index in [2.05, 4.69) is 37.6 Å². The molecule has 1 aromatic heterocycles. The van der Waals surface area contributed by atoms with Crippen molar-refractivity contribution in [3.63, 3.8) is 0 Å². The van der Waals surface area contributed by atoms with Crippen molar-refractivity contribution in [3.05, 3.63) is 47.1 Å². The van der Waals surface area contributed by atoms with Gasteiger partial charge >= 0.3 is 0 Å². The number of thiophene rings is 1. The van der Waals surface area contributed by atoms with Crippen LogP contribution < -0.4 is 15.0 Å². The molecule has 0 unspecified atom stereocenters. The van der Waals surface area contributed by atoms with Gasteiger partial charge in [0, 0.05) is 39.8 Å². The standard InChI is InChI=1S/C19H25FN4OS/c1-3-25-17-7-6-15(13-16(17)20)14-22-19(21-2)24-10-8-23(9-11-24)18-5-4-12-26-18/h4-7,12-13H,3,8-11,14H2,1-2H3,(H,21,22). The van der Waals surface area contributed by atoms with Crippen molar-refractivity contribution < 1.29 is 9.13 Å². The Balaban J connectivity index is 1.53. The molecule has 0 radical (unpaired) electrons. The second-order valence-electron chi connectivity index (χ2n) is 6.02. The molecule has 1 saturated heterocycles. The number of ether oxygens (including phenoxy) is 1. The fourth-order valence-electron chi connectivity index (χ4n) is 3.03. The van der Waals surface area contributed by atoms with E-state index in [4.69, 9.17) is 4.74 Å². The maximum atomic E-state index is 14.0. The number of anilines is 1. The predicted octanol–water partition coefficient (Wildman–Crippen LogP) is 3.18. The number of guanidine groups is 1. The van der Waals surface area contributed by atoms with Crippen molar-refractivity contribution in [1.82, 2.24) is 10.2 Å². The second kappa shape index (κ2) is 8.89. The molecule has 0 saturated carbocycles. The molecule has 0 spiro atoms. The van der Waals surface area contributed by atoms with E-state index in [9.17, 15) is 4.39 Å². The van der Waals surface area contributed by atoms with Crippen LogP contribution in [0.1, 0.15) is 12.5 Å². The van der Waals surface area contributed by atoms with Crippen molar-refractivity contribution in [2.24, 2.45) is 4.99 Å². The molecule has 1 fully saturated rings. The number of rotatable bonds is 5. The molecule has 0 bridgehead atoms. The molecule has 1 N–H and O–H groups in total. The Bertz CT molecular complexity index is 727. The van der Waals surface area contributed by atoms with E-state index >= 15 is 0 Å². The van der Waals surface area contributed by atoms with E-state index in [0.29, 0.717) is 18.9 Å². The Morgan fingerprint density at radius 1 is 1.27 bits per heavy atom. The molecule has 3 rings (SSSR count). The number of piperazine rings is 1. The van der Waals surface area contributed by atoms with Gasteiger partial charge in [0.05, 0.1) is 11.6 Å². The number of nitrogens with zero attached hydrogens (tertiary/aromatic N) is 3. The Kier molecular flexibility index (Phi) is 6.33. The third-order valence-corrected chi connectivity index (χ3v) is 5.28. The molecule has 0 aliphatic carbocycles. The SMILES string of the molecule is CCOc1ccc(CNC(=NC)N2CCN(c3cccs3)CC2)cc1F. The third kappa shape index (κ3) is 4.46. The van der Waals surface area contributed by atoms with Gasteiger partial charge in [-0.2, -0.15) is 0 Å². The van der Waals surface area contributed by atoms with Crippen LogP contribution in [-0.4, -0.2) is 50.7 Å². The summed E-state index contributed by atoms with van der Waals surface area (Å²) < 4.78 is 19.2. The molecule has 7 heteroatoms. The molecule has 5 nitrogen and oxygen atoms in total. The molecular weight excluding hydrogens is 351 g/mol. The molecule has 1 aromatic carbocycles. The van der Waals surface area contributed by atoms with Crippen molar-refractivity contribution in [3.8, 4) is 5.75 Å². The largest absolute Gasteiger partial charge is 0.491 e. The second-order valence-corrected chi connectivity index (χ2v) is 6.95. The number of benzene rings is 1. The van der Waals surface area contributed by atoms with Gasteiger partial charge in [-0.05, 0) is 42.1 Å². The number of hydrogen-bond acceptors (Lipinski definition) is 4. The van der Waals surface area contributed by atoms with Gasteiger partial charge in [-0.15, -0.1) is 11.3 Å². The molecule has 26 heavy (non-hydrogen) atoms. The van der Waals surface area contributed by atoms with Gasteiger partial charge in [0.1, 0.15) is 0 Å². The Labute approximate surface area is 158 Å². The molecule has 0 amide bonds. The van der Waals surface area contributed by atoms with Crippen LogP contribution in [0.25, 0.3) is 0 Å². The normalized spacial score (nSPS) is 15.3. The highest BCUT2D eigenvalue weighted by atomic mass is 32.1. The molecular formula is C19H25FN4OS. The minimum atomic E-state index is -0.328. The first-order chi connectivity index (χ1) is 12.7. The van der Waals surface area contributed by atoms with E-state index in [1.807, 2.05) is 13.0 Å². The van der Waals surface area contributed by atoms with E-state index in [1.54, 1.807) is 24.5 Å². The van der Waals surface area contributed by atoms with Crippen molar-refractivity contribution in [2.45, 2.75) is 13.5 Å². The maximum Gasteiger partial charge on any atom is 0.194 e. The van der Waals surface area contributed by atoms with Gasteiger partial charge < -0.3 is 19.9 Å². The topological polar surface area (TPSA) is 40.1 Å². The lowest BCUT2D eigenvalue weighted by atomic mass is 10.2. The molecule has 2 heterocycles. The summed E-state index contributed by atoms with van der Waals surface area (Å²) in [6.45, 7) is 6.60. The third-order valence-electron chi connectivity index (χ3n) is 4.36. The fraction of sp³-hybridized carbons (Fsp3) is 0.421. The van der Waals surface area contributed by atoms with Crippen LogP contribution in [0.4, 0.5) is 9.39 Å². The van der Waals surface area contributed by atoms with E-state index in [-0.39, 0.29) is 5.82 Å². The number of aliphatic imine (C=N–C) groups is 1. The first kappa shape index (κ1) is 18.5. The zero-order valence-corrected chi connectivity index (χ0v) is 16.1. The monoisotopic (exact) mass is 376 g/mol. The zero-order chi connectivity index (χ0) is 18.4. The number of hydrogen-bond donors (Lipinski definition) is 1. The lowest BCUT2D eigenvalue weighted by Crippen LogP contribution is -2.52. The Hall–Kier alpha value is -2.28. The Morgan fingerprint density at radius 3 is 2.69 bits per heavy atom. The lowest BCUT2D eigenvalue weighted by Gasteiger charge is -2.37. The van der Waals surface area contributed by atoms with Crippen LogP contribution >= 0.6 is 11.3 Å².